The van der Waals surface area contributed by atoms with Crippen molar-refractivity contribution in [2.45, 2.75) is 26.8 Å². The van der Waals surface area contributed by atoms with Crippen molar-refractivity contribution >= 4 is 39.8 Å². The minimum Gasteiger partial charge on any atom is -0.463 e. The molecule has 0 aliphatic carbocycles. The molecule has 1 aliphatic heterocycles. The van der Waals surface area contributed by atoms with Crippen LogP contribution in [0, 0.1) is 17.0 Å². The molecule has 2 heterocycles. The van der Waals surface area contributed by atoms with Gasteiger partial charge in [0.25, 0.3) is 11.2 Å². The van der Waals surface area contributed by atoms with Gasteiger partial charge in [0.15, 0.2) is 4.80 Å². The first-order valence-corrected chi connectivity index (χ1v) is 12.5. The number of carbonyl (C=O) groups is 1. The normalized spacial score (nSPS) is 15.4. The summed E-state index contributed by atoms with van der Waals surface area (Å²) in [5, 5.41) is 13.3. The van der Waals surface area contributed by atoms with Crippen LogP contribution >= 0.6 is 11.3 Å². The van der Waals surface area contributed by atoms with E-state index in [0.29, 0.717) is 31.7 Å². The Balaban J connectivity index is 1.78. The minimum absolute atomic E-state index is 0.0180. The highest BCUT2D eigenvalue weighted by atomic mass is 32.1. The number of nitrogens with zero attached hydrogens (tertiary/aromatic N) is 3. The van der Waals surface area contributed by atoms with Crippen molar-refractivity contribution in [1.29, 1.82) is 0 Å². The maximum Gasteiger partial charge on any atom is 0.338 e. The van der Waals surface area contributed by atoms with Crippen LogP contribution in [0.2, 0.25) is 0 Å². The van der Waals surface area contributed by atoms with Gasteiger partial charge >= 0.3 is 5.97 Å². The van der Waals surface area contributed by atoms with Crippen LogP contribution in [0.5, 0.6) is 0 Å². The molecule has 5 rings (SSSR count). The maximum atomic E-state index is 13.8. The predicted molar refractivity (Wildman–Crippen MR) is 142 cm³/mol. The zero-order valence-corrected chi connectivity index (χ0v) is 21.2. The van der Waals surface area contributed by atoms with Crippen molar-refractivity contribution in [2.75, 3.05) is 6.61 Å². The van der Waals surface area contributed by atoms with Crippen LogP contribution in [0.1, 0.15) is 36.6 Å². The van der Waals surface area contributed by atoms with Crippen molar-refractivity contribution in [2.24, 2.45) is 4.99 Å². The summed E-state index contributed by atoms with van der Waals surface area (Å²) in [6, 6.07) is 17.7. The van der Waals surface area contributed by atoms with Gasteiger partial charge in [-0.2, -0.15) is 0 Å². The summed E-state index contributed by atoms with van der Waals surface area (Å²) in [5.74, 6) is -0.523. The van der Waals surface area contributed by atoms with Crippen molar-refractivity contribution in [1.82, 2.24) is 4.57 Å². The highest BCUT2D eigenvalue weighted by Gasteiger charge is 2.34. The number of allylic oxidation sites excluding steroid dienone is 1. The monoisotopic (exact) mass is 513 g/mol. The Bertz CT molecular complexity index is 1790. The SMILES string of the molecule is CCOC(=O)C1=C(C)N=c2sc(=Cc3ccc(C)c([N+](=O)[O-])c3)c(=O)n2C1c1cccc2ccccc12. The lowest BCUT2D eigenvalue weighted by molar-refractivity contribution is -0.385. The van der Waals surface area contributed by atoms with E-state index >= 15 is 0 Å². The number of ether oxygens (including phenoxy) is 1. The van der Waals surface area contributed by atoms with E-state index in [0.717, 1.165) is 16.3 Å². The molecule has 0 radical (unpaired) electrons. The van der Waals surface area contributed by atoms with Gasteiger partial charge in [0.05, 0.1) is 33.4 Å². The van der Waals surface area contributed by atoms with Crippen molar-refractivity contribution in [3.63, 3.8) is 0 Å². The molecular formula is C28H23N3O5S. The lowest BCUT2D eigenvalue weighted by atomic mass is 9.91. The maximum absolute atomic E-state index is 13.8. The fourth-order valence-electron chi connectivity index (χ4n) is 4.64. The average Bonchev–Trinajstić information content (AvgIpc) is 3.18. The van der Waals surface area contributed by atoms with Crippen LogP contribution in [-0.4, -0.2) is 22.1 Å². The van der Waals surface area contributed by atoms with Crippen LogP contribution in [0.15, 0.2) is 81.7 Å². The van der Waals surface area contributed by atoms with Gasteiger partial charge in [0.1, 0.15) is 0 Å². The van der Waals surface area contributed by atoms with E-state index in [4.69, 9.17) is 4.74 Å². The van der Waals surface area contributed by atoms with Gasteiger partial charge in [-0.05, 0) is 48.7 Å². The van der Waals surface area contributed by atoms with Crippen molar-refractivity contribution in [3.05, 3.63) is 118 Å². The number of fused-ring (bicyclic) bond motifs is 2. The average molecular weight is 514 g/mol. The third-order valence-corrected chi connectivity index (χ3v) is 7.35. The van der Waals surface area contributed by atoms with Gasteiger partial charge in [-0.25, -0.2) is 9.79 Å². The number of carbonyl (C=O) groups excluding carboxylic acids is 1. The molecule has 0 fully saturated rings. The number of aryl methyl sites for hydroxylation is 1. The quantitative estimate of drug-likeness (QED) is 0.226. The molecule has 1 unspecified atom stereocenters. The molecule has 3 aromatic carbocycles. The molecule has 4 aromatic rings. The number of hydrogen-bond acceptors (Lipinski definition) is 7. The van der Waals surface area contributed by atoms with Crippen molar-refractivity contribution in [3.8, 4) is 0 Å². The third-order valence-electron chi connectivity index (χ3n) is 6.36. The van der Waals surface area contributed by atoms with Gasteiger partial charge < -0.3 is 4.74 Å². The molecule has 8 nitrogen and oxygen atoms in total. The largest absolute Gasteiger partial charge is 0.463 e. The molecular weight excluding hydrogens is 490 g/mol. The lowest BCUT2D eigenvalue weighted by Crippen LogP contribution is -2.40. The zero-order valence-electron chi connectivity index (χ0n) is 20.4. The molecule has 0 saturated carbocycles. The summed E-state index contributed by atoms with van der Waals surface area (Å²) in [6.45, 7) is 5.33. The van der Waals surface area contributed by atoms with Crippen LogP contribution in [0.3, 0.4) is 0 Å². The second-order valence-corrected chi connectivity index (χ2v) is 9.68. The number of benzene rings is 3. The molecule has 37 heavy (non-hydrogen) atoms. The Kier molecular flexibility index (Phi) is 6.31. The van der Waals surface area contributed by atoms with Crippen LogP contribution in [0.25, 0.3) is 16.8 Å². The molecule has 1 atom stereocenters. The van der Waals surface area contributed by atoms with Gasteiger partial charge in [0, 0.05) is 11.6 Å². The number of nitro benzene ring substituents is 1. The number of aromatic nitrogens is 1. The van der Waals surface area contributed by atoms with Gasteiger partial charge in [-0.15, -0.1) is 0 Å². The van der Waals surface area contributed by atoms with E-state index in [1.807, 2.05) is 42.5 Å². The van der Waals surface area contributed by atoms with E-state index in [2.05, 4.69) is 4.99 Å². The van der Waals surface area contributed by atoms with Crippen LogP contribution in [0.4, 0.5) is 5.69 Å². The van der Waals surface area contributed by atoms with Gasteiger partial charge in [0.2, 0.25) is 0 Å². The van der Waals surface area contributed by atoms with Gasteiger partial charge in [-0.1, -0.05) is 65.9 Å². The number of nitro groups is 1. The van der Waals surface area contributed by atoms with Crippen LogP contribution in [-0.2, 0) is 9.53 Å². The Morgan fingerprint density at radius 1 is 1.16 bits per heavy atom. The standard InChI is InChI=1S/C28H23N3O5S/c1-4-36-27(33)24-17(3)29-28-30(25(24)21-11-7-9-19-8-5-6-10-20(19)21)26(32)23(37-28)15-18-13-12-16(2)22(14-18)31(34)35/h5-15,25H,4H2,1-3H3. The Morgan fingerprint density at radius 3 is 2.68 bits per heavy atom. The van der Waals surface area contributed by atoms with E-state index in [-0.39, 0.29) is 17.9 Å². The fraction of sp³-hybridized carbons (Fsp3) is 0.179. The molecule has 0 amide bonds. The predicted octanol–water partition coefficient (Wildman–Crippen LogP) is 4.17. The molecule has 0 spiro atoms. The fourth-order valence-corrected chi connectivity index (χ4v) is 5.69. The molecule has 0 saturated heterocycles. The molecule has 0 N–H and O–H groups in total. The van der Waals surface area contributed by atoms with E-state index in [1.165, 1.54) is 22.0 Å². The topological polar surface area (TPSA) is 104 Å². The van der Waals surface area contributed by atoms with E-state index in [9.17, 15) is 19.7 Å². The first-order chi connectivity index (χ1) is 17.8. The Hall–Kier alpha value is -4.37. The summed E-state index contributed by atoms with van der Waals surface area (Å²) in [5.41, 5.74) is 2.29. The molecule has 186 valence electrons. The van der Waals surface area contributed by atoms with Crippen LogP contribution < -0.4 is 14.9 Å². The first-order valence-electron chi connectivity index (χ1n) is 11.7. The van der Waals surface area contributed by atoms with Crippen molar-refractivity contribution < 1.29 is 14.5 Å². The number of hydrogen-bond donors (Lipinski definition) is 0. The third kappa shape index (κ3) is 4.27. The molecule has 1 aliphatic rings. The van der Waals surface area contributed by atoms with E-state index in [1.54, 1.807) is 39.0 Å². The summed E-state index contributed by atoms with van der Waals surface area (Å²) in [6.07, 6.45) is 1.62. The molecule has 0 bridgehead atoms. The molecule has 9 heteroatoms. The summed E-state index contributed by atoms with van der Waals surface area (Å²) < 4.78 is 7.27. The summed E-state index contributed by atoms with van der Waals surface area (Å²) in [4.78, 5) is 43.0. The second-order valence-electron chi connectivity index (χ2n) is 8.67. The summed E-state index contributed by atoms with van der Waals surface area (Å²) >= 11 is 1.18. The smallest absolute Gasteiger partial charge is 0.338 e. The number of rotatable bonds is 5. The number of thiazole rings is 1. The number of esters is 1. The first kappa shape index (κ1) is 24.3. The lowest BCUT2D eigenvalue weighted by Gasteiger charge is -2.25. The highest BCUT2D eigenvalue weighted by Crippen LogP contribution is 2.34. The highest BCUT2D eigenvalue weighted by molar-refractivity contribution is 7.07. The zero-order chi connectivity index (χ0) is 26.3. The minimum atomic E-state index is -0.740. The second kappa shape index (κ2) is 9.59. The van der Waals surface area contributed by atoms with E-state index < -0.39 is 16.9 Å². The summed E-state index contributed by atoms with van der Waals surface area (Å²) in [7, 11) is 0. The van der Waals surface area contributed by atoms with Gasteiger partial charge in [-0.3, -0.25) is 19.5 Å². The Morgan fingerprint density at radius 2 is 1.92 bits per heavy atom. The molecule has 1 aromatic heterocycles. The Labute approximate surface area is 215 Å².